The van der Waals surface area contributed by atoms with Crippen molar-refractivity contribution in [2.45, 2.75) is 12.2 Å². The van der Waals surface area contributed by atoms with E-state index in [1.54, 1.807) is 17.0 Å². The van der Waals surface area contributed by atoms with Crippen molar-refractivity contribution in [3.63, 3.8) is 0 Å². The van der Waals surface area contributed by atoms with Gasteiger partial charge in [0.1, 0.15) is 0 Å². The van der Waals surface area contributed by atoms with E-state index in [2.05, 4.69) is 0 Å². The average Bonchev–Trinajstić information content (AvgIpc) is 2.48. The molecule has 1 saturated heterocycles. The minimum Gasteiger partial charge on any atom is -0.340 e. The third kappa shape index (κ3) is 4.95. The van der Waals surface area contributed by atoms with Gasteiger partial charge in [-0.05, 0) is 5.56 Å². The van der Waals surface area contributed by atoms with Gasteiger partial charge in [-0.3, -0.25) is 4.79 Å². The second-order valence-corrected chi connectivity index (χ2v) is 7.03. The fourth-order valence-corrected chi connectivity index (χ4v) is 3.89. The molecule has 0 saturated carbocycles. The van der Waals surface area contributed by atoms with E-state index in [-0.39, 0.29) is 24.1 Å². The average molecular weight is 348 g/mol. The predicted octanol–water partition coefficient (Wildman–Crippen LogP) is 0.431. The smallest absolute Gasteiger partial charge is 0.223 e. The first kappa shape index (κ1) is 18.9. The zero-order chi connectivity index (χ0) is 15.3. The van der Waals surface area contributed by atoms with Crippen LogP contribution in [0.15, 0.2) is 30.3 Å². The van der Waals surface area contributed by atoms with Crippen molar-refractivity contribution in [2.75, 3.05) is 32.7 Å². The Morgan fingerprint density at radius 2 is 1.68 bits per heavy atom. The number of nitrogens with two attached hydrogens (primary N) is 1. The summed E-state index contributed by atoms with van der Waals surface area (Å²) in [6, 6.07) is 9.12. The molecule has 0 spiro atoms. The molecule has 8 heteroatoms. The molecule has 1 amide bonds. The van der Waals surface area contributed by atoms with Gasteiger partial charge in [0.2, 0.25) is 15.9 Å². The number of piperazine rings is 1. The highest BCUT2D eigenvalue weighted by Crippen LogP contribution is 2.14. The van der Waals surface area contributed by atoms with Crippen LogP contribution in [0.1, 0.15) is 12.0 Å². The lowest BCUT2D eigenvalue weighted by Gasteiger charge is -2.34. The molecule has 0 atom stereocenters. The summed E-state index contributed by atoms with van der Waals surface area (Å²) < 4.78 is 26.2. The van der Waals surface area contributed by atoms with E-state index in [0.717, 1.165) is 5.56 Å². The minimum atomic E-state index is -3.33. The molecule has 0 aliphatic carbocycles. The van der Waals surface area contributed by atoms with Crippen LogP contribution < -0.4 is 5.73 Å². The third-order valence-corrected chi connectivity index (χ3v) is 5.38. The molecule has 2 rings (SSSR count). The molecule has 1 aromatic carbocycles. The lowest BCUT2D eigenvalue weighted by Crippen LogP contribution is -2.51. The van der Waals surface area contributed by atoms with Gasteiger partial charge in [-0.15, -0.1) is 12.4 Å². The fourth-order valence-electron chi connectivity index (χ4n) is 2.37. The summed E-state index contributed by atoms with van der Waals surface area (Å²) in [5.74, 6) is 0.00233. The molecule has 0 radical (unpaired) electrons. The number of sulfonamides is 1. The summed E-state index contributed by atoms with van der Waals surface area (Å²) in [5, 5.41) is 0. The minimum absolute atomic E-state index is 0. The van der Waals surface area contributed by atoms with Crippen LogP contribution in [0.4, 0.5) is 0 Å². The number of hydrogen-bond donors (Lipinski definition) is 1. The van der Waals surface area contributed by atoms with Crippen molar-refractivity contribution in [1.29, 1.82) is 0 Å². The highest BCUT2D eigenvalue weighted by molar-refractivity contribution is 7.88. The van der Waals surface area contributed by atoms with Gasteiger partial charge >= 0.3 is 0 Å². The number of benzene rings is 1. The molecule has 124 valence electrons. The molecule has 1 heterocycles. The number of rotatable bonds is 5. The summed E-state index contributed by atoms with van der Waals surface area (Å²) >= 11 is 0. The summed E-state index contributed by atoms with van der Waals surface area (Å²) in [5.41, 5.74) is 6.14. The summed E-state index contributed by atoms with van der Waals surface area (Å²) in [6.45, 7) is 1.90. The molecule has 0 unspecified atom stereocenters. The van der Waals surface area contributed by atoms with Crippen molar-refractivity contribution in [3.05, 3.63) is 35.9 Å². The Morgan fingerprint density at radius 3 is 2.23 bits per heavy atom. The Kier molecular flexibility index (Phi) is 7.28. The van der Waals surface area contributed by atoms with E-state index in [9.17, 15) is 13.2 Å². The number of hydrogen-bond acceptors (Lipinski definition) is 4. The monoisotopic (exact) mass is 347 g/mol. The first-order valence-corrected chi connectivity index (χ1v) is 8.63. The SMILES string of the molecule is Cl.NCCC(=O)N1CCN(S(=O)(=O)Cc2ccccc2)CC1. The number of nitrogens with zero attached hydrogens (tertiary/aromatic N) is 2. The van der Waals surface area contributed by atoms with Crippen LogP contribution in [0, 0.1) is 0 Å². The zero-order valence-electron chi connectivity index (χ0n) is 12.3. The van der Waals surface area contributed by atoms with Gasteiger partial charge in [-0.1, -0.05) is 30.3 Å². The quantitative estimate of drug-likeness (QED) is 0.837. The van der Waals surface area contributed by atoms with E-state index in [0.29, 0.717) is 39.1 Å². The Bertz CT molecular complexity index is 572. The molecule has 0 aromatic heterocycles. The van der Waals surface area contributed by atoms with Crippen LogP contribution in [-0.2, 0) is 20.6 Å². The van der Waals surface area contributed by atoms with Crippen molar-refractivity contribution in [3.8, 4) is 0 Å². The maximum atomic E-state index is 12.4. The molecule has 22 heavy (non-hydrogen) atoms. The van der Waals surface area contributed by atoms with Crippen molar-refractivity contribution < 1.29 is 13.2 Å². The van der Waals surface area contributed by atoms with Crippen molar-refractivity contribution in [2.24, 2.45) is 5.73 Å². The largest absolute Gasteiger partial charge is 0.340 e. The van der Waals surface area contributed by atoms with Gasteiger partial charge in [0.15, 0.2) is 0 Å². The van der Waals surface area contributed by atoms with E-state index in [4.69, 9.17) is 5.73 Å². The van der Waals surface area contributed by atoms with Gasteiger partial charge < -0.3 is 10.6 Å². The molecule has 2 N–H and O–H groups in total. The molecular formula is C14H22ClN3O3S. The van der Waals surface area contributed by atoms with Gasteiger partial charge in [-0.25, -0.2) is 8.42 Å². The van der Waals surface area contributed by atoms with Crippen molar-refractivity contribution >= 4 is 28.3 Å². The van der Waals surface area contributed by atoms with E-state index in [1.165, 1.54) is 4.31 Å². The van der Waals surface area contributed by atoms with Crippen LogP contribution in [0.5, 0.6) is 0 Å². The summed E-state index contributed by atoms with van der Waals surface area (Å²) in [6.07, 6.45) is 0.316. The predicted molar refractivity (Wildman–Crippen MR) is 88.1 cm³/mol. The number of amides is 1. The molecule has 1 aliphatic heterocycles. The van der Waals surface area contributed by atoms with Gasteiger partial charge in [-0.2, -0.15) is 4.31 Å². The van der Waals surface area contributed by atoms with Crippen molar-refractivity contribution in [1.82, 2.24) is 9.21 Å². The highest BCUT2D eigenvalue weighted by atomic mass is 35.5. The van der Waals surface area contributed by atoms with E-state index in [1.807, 2.05) is 18.2 Å². The summed E-state index contributed by atoms with van der Waals surface area (Å²) in [4.78, 5) is 13.4. The fraction of sp³-hybridized carbons (Fsp3) is 0.500. The second-order valence-electron chi connectivity index (χ2n) is 5.06. The first-order valence-electron chi connectivity index (χ1n) is 7.02. The van der Waals surface area contributed by atoms with Gasteiger partial charge in [0, 0.05) is 39.1 Å². The van der Waals surface area contributed by atoms with Gasteiger partial charge in [0.05, 0.1) is 5.75 Å². The molecule has 1 aliphatic rings. The molecule has 1 aromatic rings. The Morgan fingerprint density at radius 1 is 1.09 bits per heavy atom. The van der Waals surface area contributed by atoms with Crippen LogP contribution >= 0.6 is 12.4 Å². The molecule has 0 bridgehead atoms. The topological polar surface area (TPSA) is 83.7 Å². The van der Waals surface area contributed by atoms with Crippen LogP contribution in [0.2, 0.25) is 0 Å². The van der Waals surface area contributed by atoms with Crippen LogP contribution in [0.25, 0.3) is 0 Å². The van der Waals surface area contributed by atoms with Gasteiger partial charge in [0.25, 0.3) is 0 Å². The second kappa shape index (κ2) is 8.47. The first-order chi connectivity index (χ1) is 10.0. The zero-order valence-corrected chi connectivity index (χ0v) is 14.0. The number of halogens is 1. The maximum absolute atomic E-state index is 12.4. The summed E-state index contributed by atoms with van der Waals surface area (Å²) in [7, 11) is -3.33. The third-order valence-electron chi connectivity index (χ3n) is 3.53. The highest BCUT2D eigenvalue weighted by Gasteiger charge is 2.28. The van der Waals surface area contributed by atoms with Crippen LogP contribution in [0.3, 0.4) is 0 Å². The van der Waals surface area contributed by atoms with Crippen LogP contribution in [-0.4, -0.2) is 56.3 Å². The molecular weight excluding hydrogens is 326 g/mol. The normalized spacial score (nSPS) is 16.1. The number of carbonyl (C=O) groups excluding carboxylic acids is 1. The van der Waals surface area contributed by atoms with E-state index >= 15 is 0 Å². The standard InChI is InChI=1S/C14H21N3O3S.ClH/c15-7-6-14(18)16-8-10-17(11-9-16)21(19,20)12-13-4-2-1-3-5-13;/h1-5H,6-12,15H2;1H. The Balaban J connectivity index is 0.00000242. The molecule has 1 fully saturated rings. The Labute approximate surface area is 137 Å². The maximum Gasteiger partial charge on any atom is 0.223 e. The Hall–Kier alpha value is -1.15. The lowest BCUT2D eigenvalue weighted by molar-refractivity contribution is -0.132. The molecule has 6 nitrogen and oxygen atoms in total. The lowest BCUT2D eigenvalue weighted by atomic mass is 10.2. The number of carbonyl (C=O) groups is 1. The van der Waals surface area contributed by atoms with E-state index < -0.39 is 10.0 Å².